The molecule has 1 N–H and O–H groups in total. The fraction of sp³-hybridized carbons (Fsp3) is 0.179. The number of hydrogen-bond donors (Lipinski definition) is 1. The smallest absolute Gasteiger partial charge is 0.339 e. The Morgan fingerprint density at radius 1 is 0.914 bits per heavy atom. The van der Waals surface area contributed by atoms with E-state index in [0.717, 1.165) is 29.7 Å². The van der Waals surface area contributed by atoms with Crippen molar-refractivity contribution in [3.05, 3.63) is 93.5 Å². The highest BCUT2D eigenvalue weighted by Gasteiger charge is 2.18. The Hall–Kier alpha value is -3.41. The lowest BCUT2D eigenvalue weighted by Crippen LogP contribution is -2.22. The lowest BCUT2D eigenvalue weighted by Gasteiger charge is -2.15. The summed E-state index contributed by atoms with van der Waals surface area (Å²) in [6.45, 7) is 3.65. The van der Waals surface area contributed by atoms with Crippen LogP contribution in [-0.2, 0) is 22.4 Å². The maximum absolute atomic E-state index is 13.1. The Balaban J connectivity index is 1.59. The molecular formula is C28H24Cl2N2O3. The maximum Gasteiger partial charge on any atom is 0.339 e. The van der Waals surface area contributed by atoms with Crippen LogP contribution >= 0.6 is 23.2 Å². The van der Waals surface area contributed by atoms with Gasteiger partial charge in [-0.3, -0.25) is 4.79 Å². The van der Waals surface area contributed by atoms with Crippen molar-refractivity contribution >= 4 is 51.7 Å². The highest BCUT2D eigenvalue weighted by Crippen LogP contribution is 2.32. The first-order valence-corrected chi connectivity index (χ1v) is 12.1. The van der Waals surface area contributed by atoms with Crippen LogP contribution in [0, 0.1) is 0 Å². The van der Waals surface area contributed by atoms with Gasteiger partial charge in [0.2, 0.25) is 0 Å². The number of amides is 1. The summed E-state index contributed by atoms with van der Waals surface area (Å²) in [6, 6.07) is 19.9. The molecule has 0 unspecified atom stereocenters. The second-order valence-corrected chi connectivity index (χ2v) is 8.82. The average Bonchev–Trinajstić information content (AvgIpc) is 2.86. The number of rotatable bonds is 7. The fourth-order valence-corrected chi connectivity index (χ4v) is 4.47. The van der Waals surface area contributed by atoms with Crippen LogP contribution < -0.4 is 5.32 Å². The lowest BCUT2D eigenvalue weighted by molar-refractivity contribution is -0.119. The highest BCUT2D eigenvalue weighted by atomic mass is 35.5. The zero-order chi connectivity index (χ0) is 24.9. The fourth-order valence-electron chi connectivity index (χ4n) is 3.97. The van der Waals surface area contributed by atoms with E-state index < -0.39 is 18.5 Å². The molecule has 0 radical (unpaired) electrons. The number of carbonyl (C=O) groups excluding carboxylic acids is 2. The molecule has 0 saturated carbocycles. The van der Waals surface area contributed by atoms with Gasteiger partial charge in [0.05, 0.1) is 21.8 Å². The quantitative estimate of drug-likeness (QED) is 0.270. The van der Waals surface area contributed by atoms with Crippen molar-refractivity contribution in [2.24, 2.45) is 0 Å². The third-order valence-electron chi connectivity index (χ3n) is 5.74. The summed E-state index contributed by atoms with van der Waals surface area (Å²) in [4.78, 5) is 30.4. The molecule has 0 spiro atoms. The standard InChI is InChI=1S/C28H24Cl2N2O3/c1-3-17-8-7-9-18(4-2)27(17)32-26(33)16-35-28(34)22-15-25(21-13-12-19(29)14-23(21)30)31-24-11-6-5-10-20(22)24/h5-15H,3-4,16H2,1-2H3,(H,32,33). The number of hydrogen-bond acceptors (Lipinski definition) is 4. The summed E-state index contributed by atoms with van der Waals surface area (Å²) in [6.07, 6.45) is 1.56. The van der Waals surface area contributed by atoms with E-state index in [1.165, 1.54) is 0 Å². The molecule has 0 aliphatic heterocycles. The van der Waals surface area contributed by atoms with E-state index >= 15 is 0 Å². The third-order valence-corrected chi connectivity index (χ3v) is 6.29. The number of nitrogens with one attached hydrogen (secondary N) is 1. The van der Waals surface area contributed by atoms with E-state index in [9.17, 15) is 9.59 Å². The molecule has 0 aliphatic rings. The second-order valence-electron chi connectivity index (χ2n) is 7.98. The van der Waals surface area contributed by atoms with E-state index in [0.29, 0.717) is 37.8 Å². The topological polar surface area (TPSA) is 68.3 Å². The van der Waals surface area contributed by atoms with E-state index in [1.54, 1.807) is 36.4 Å². The average molecular weight is 507 g/mol. The number of para-hydroxylation sites is 2. The predicted octanol–water partition coefficient (Wildman–Crippen LogP) is 7.13. The van der Waals surface area contributed by atoms with Crippen LogP contribution in [0.5, 0.6) is 0 Å². The number of esters is 1. The van der Waals surface area contributed by atoms with Crippen LogP contribution in [0.25, 0.3) is 22.2 Å². The van der Waals surface area contributed by atoms with Gasteiger partial charge in [0.1, 0.15) is 0 Å². The first-order valence-electron chi connectivity index (χ1n) is 11.3. The second kappa shape index (κ2) is 10.9. The lowest BCUT2D eigenvalue weighted by atomic mass is 10.0. The number of anilines is 1. The van der Waals surface area contributed by atoms with E-state index in [-0.39, 0.29) is 0 Å². The Bertz CT molecular complexity index is 1400. The number of fused-ring (bicyclic) bond motifs is 1. The van der Waals surface area contributed by atoms with Crippen LogP contribution in [0.2, 0.25) is 10.0 Å². The van der Waals surface area contributed by atoms with Gasteiger partial charge in [-0.1, -0.05) is 73.4 Å². The van der Waals surface area contributed by atoms with Crippen LogP contribution in [0.3, 0.4) is 0 Å². The van der Waals surface area contributed by atoms with Crippen molar-refractivity contribution in [3.8, 4) is 11.3 Å². The molecular weight excluding hydrogens is 483 g/mol. The number of carbonyl (C=O) groups is 2. The van der Waals surface area contributed by atoms with Crippen molar-refractivity contribution in [1.82, 2.24) is 4.98 Å². The summed E-state index contributed by atoms with van der Waals surface area (Å²) in [5.41, 5.74) is 4.91. The van der Waals surface area contributed by atoms with Crippen molar-refractivity contribution in [2.75, 3.05) is 11.9 Å². The van der Waals surface area contributed by atoms with E-state index in [4.69, 9.17) is 27.9 Å². The van der Waals surface area contributed by atoms with Gasteiger partial charge in [-0.25, -0.2) is 9.78 Å². The molecule has 178 valence electrons. The maximum atomic E-state index is 13.1. The Kier molecular flexibility index (Phi) is 7.69. The number of benzene rings is 3. The first-order chi connectivity index (χ1) is 16.9. The van der Waals surface area contributed by atoms with E-state index in [2.05, 4.69) is 10.3 Å². The van der Waals surface area contributed by atoms with Crippen LogP contribution in [0.15, 0.2) is 66.7 Å². The van der Waals surface area contributed by atoms with Gasteiger partial charge in [-0.2, -0.15) is 0 Å². The van der Waals surface area contributed by atoms with Crippen LogP contribution in [-0.4, -0.2) is 23.5 Å². The minimum absolute atomic E-state index is 0.299. The molecule has 0 atom stereocenters. The van der Waals surface area contributed by atoms with Gasteiger partial charge in [0.25, 0.3) is 5.91 Å². The van der Waals surface area contributed by atoms with Crippen LogP contribution in [0.4, 0.5) is 5.69 Å². The molecule has 5 nitrogen and oxygen atoms in total. The SMILES string of the molecule is CCc1cccc(CC)c1NC(=O)COC(=O)c1cc(-c2ccc(Cl)cc2Cl)nc2ccccc12. The van der Waals surface area contributed by atoms with Gasteiger partial charge in [0.15, 0.2) is 6.61 Å². The molecule has 1 amide bonds. The van der Waals surface area contributed by atoms with Crippen molar-refractivity contribution in [2.45, 2.75) is 26.7 Å². The molecule has 4 aromatic rings. The van der Waals surface area contributed by atoms with Gasteiger partial charge >= 0.3 is 5.97 Å². The number of pyridine rings is 1. The molecule has 3 aromatic carbocycles. The number of aryl methyl sites for hydroxylation is 2. The molecule has 0 fully saturated rings. The van der Waals surface area contributed by atoms with Crippen molar-refractivity contribution in [1.29, 1.82) is 0 Å². The highest BCUT2D eigenvalue weighted by molar-refractivity contribution is 6.36. The first kappa shape index (κ1) is 24.7. The molecule has 0 saturated heterocycles. The van der Waals surface area contributed by atoms with Crippen LogP contribution in [0.1, 0.15) is 35.3 Å². The van der Waals surface area contributed by atoms with Gasteiger partial charge < -0.3 is 10.1 Å². The number of halogens is 2. The van der Waals surface area contributed by atoms with Crippen molar-refractivity contribution in [3.63, 3.8) is 0 Å². The summed E-state index contributed by atoms with van der Waals surface area (Å²) < 4.78 is 5.42. The third kappa shape index (κ3) is 5.47. The summed E-state index contributed by atoms with van der Waals surface area (Å²) >= 11 is 12.4. The van der Waals surface area contributed by atoms with Gasteiger partial charge in [-0.05, 0) is 54.3 Å². The number of ether oxygens (including phenoxy) is 1. The number of aromatic nitrogens is 1. The summed E-state index contributed by atoms with van der Waals surface area (Å²) in [7, 11) is 0. The molecule has 0 bridgehead atoms. The zero-order valence-electron chi connectivity index (χ0n) is 19.4. The Morgan fingerprint density at radius 2 is 1.63 bits per heavy atom. The molecule has 0 aliphatic carbocycles. The largest absolute Gasteiger partial charge is 0.452 e. The molecule has 4 rings (SSSR count). The molecule has 1 heterocycles. The zero-order valence-corrected chi connectivity index (χ0v) is 20.9. The minimum atomic E-state index is -0.621. The monoisotopic (exact) mass is 506 g/mol. The van der Waals surface area contributed by atoms with Gasteiger partial charge in [-0.15, -0.1) is 0 Å². The van der Waals surface area contributed by atoms with Gasteiger partial charge in [0, 0.05) is 21.7 Å². The summed E-state index contributed by atoms with van der Waals surface area (Å²) in [5.74, 6) is -1.02. The predicted molar refractivity (Wildman–Crippen MR) is 141 cm³/mol. The Labute approximate surface area is 214 Å². The summed E-state index contributed by atoms with van der Waals surface area (Å²) in [5, 5.41) is 4.46. The number of nitrogens with zero attached hydrogens (tertiary/aromatic N) is 1. The van der Waals surface area contributed by atoms with E-state index in [1.807, 2.05) is 44.2 Å². The molecule has 1 aromatic heterocycles. The molecule has 35 heavy (non-hydrogen) atoms. The Morgan fingerprint density at radius 3 is 2.31 bits per heavy atom. The normalized spacial score (nSPS) is 10.9. The van der Waals surface area contributed by atoms with Crippen molar-refractivity contribution < 1.29 is 14.3 Å². The molecule has 7 heteroatoms. The minimum Gasteiger partial charge on any atom is -0.452 e.